The molecule has 38 heavy (non-hydrogen) atoms. The van der Waals surface area contributed by atoms with Gasteiger partial charge in [0.15, 0.2) is 0 Å². The van der Waals surface area contributed by atoms with Crippen LogP contribution in [0.3, 0.4) is 0 Å². The number of carbonyl (C=O) groups is 1. The Labute approximate surface area is 224 Å². The van der Waals surface area contributed by atoms with Crippen LogP contribution in [0.25, 0.3) is 0 Å². The average molecular weight is 567 g/mol. The monoisotopic (exact) mass is 566 g/mol. The number of amidine groups is 1. The molecule has 3 aromatic rings. The molecule has 7 nitrogen and oxygen atoms in total. The smallest absolute Gasteiger partial charge is 0.384 e. The molecule has 202 valence electrons. The summed E-state index contributed by atoms with van der Waals surface area (Å²) in [5.74, 6) is -0.0991. The number of carbonyl (C=O) groups excluding carboxylic acids is 1. The molecule has 0 bridgehead atoms. The lowest BCUT2D eigenvalue weighted by atomic mass is 10.00. The van der Waals surface area contributed by atoms with Gasteiger partial charge in [-0.25, -0.2) is 8.42 Å². The van der Waals surface area contributed by atoms with Crippen LogP contribution in [0.5, 0.6) is 0 Å². The Morgan fingerprint density at radius 3 is 2.42 bits per heavy atom. The van der Waals surface area contributed by atoms with E-state index >= 15 is 0 Å². The maximum Gasteiger partial charge on any atom is 0.416 e. The number of hydrogen-bond acceptors (Lipinski definition) is 4. The summed E-state index contributed by atoms with van der Waals surface area (Å²) in [6.07, 6.45) is -2.56. The predicted octanol–water partition coefficient (Wildman–Crippen LogP) is 5.12. The first-order valence-electron chi connectivity index (χ1n) is 11.5. The SMILES string of the molecule is Cl.N=C(N)c1ccc(CCC(=O)N2CCCc3cc(NS(=O)(=O)c4cccc(C(F)(F)F)c4)ccc32)cc1. The maximum atomic E-state index is 13.0. The van der Waals surface area contributed by atoms with Gasteiger partial charge in [-0.3, -0.25) is 14.9 Å². The number of nitrogens with one attached hydrogen (secondary N) is 2. The van der Waals surface area contributed by atoms with Crippen molar-refractivity contribution in [2.45, 2.75) is 36.8 Å². The summed E-state index contributed by atoms with van der Waals surface area (Å²) in [7, 11) is -4.25. The molecule has 12 heteroatoms. The molecule has 0 saturated carbocycles. The number of aryl methyl sites for hydroxylation is 2. The number of amides is 1. The number of alkyl halides is 3. The van der Waals surface area contributed by atoms with E-state index in [1.807, 2.05) is 12.1 Å². The topological polar surface area (TPSA) is 116 Å². The number of halogens is 4. The Morgan fingerprint density at radius 2 is 1.76 bits per heavy atom. The zero-order chi connectivity index (χ0) is 26.8. The van der Waals surface area contributed by atoms with Gasteiger partial charge in [0.05, 0.1) is 10.5 Å². The van der Waals surface area contributed by atoms with Crippen LogP contribution >= 0.6 is 12.4 Å². The van der Waals surface area contributed by atoms with Crippen molar-refractivity contribution in [2.24, 2.45) is 5.73 Å². The third-order valence-corrected chi connectivity index (χ3v) is 7.49. The van der Waals surface area contributed by atoms with Crippen LogP contribution in [-0.4, -0.2) is 26.7 Å². The van der Waals surface area contributed by atoms with Crippen LogP contribution < -0.4 is 15.4 Å². The lowest BCUT2D eigenvalue weighted by Crippen LogP contribution is -2.35. The van der Waals surface area contributed by atoms with Gasteiger partial charge >= 0.3 is 6.18 Å². The predicted molar refractivity (Wildman–Crippen MR) is 142 cm³/mol. The second-order valence-corrected chi connectivity index (χ2v) is 10.4. The Balaban J connectivity index is 0.00000400. The first kappa shape index (κ1) is 29.0. The summed E-state index contributed by atoms with van der Waals surface area (Å²) in [5.41, 5.74) is 7.63. The van der Waals surface area contributed by atoms with E-state index in [0.29, 0.717) is 43.1 Å². The molecule has 0 aromatic heterocycles. The number of fused-ring (bicyclic) bond motifs is 1. The molecule has 1 aliphatic heterocycles. The fraction of sp³-hybridized carbons (Fsp3) is 0.231. The first-order chi connectivity index (χ1) is 17.4. The van der Waals surface area contributed by atoms with Crippen LogP contribution in [0.2, 0.25) is 0 Å². The van der Waals surface area contributed by atoms with Crippen molar-refractivity contribution in [3.8, 4) is 0 Å². The summed E-state index contributed by atoms with van der Waals surface area (Å²) in [4.78, 5) is 14.2. The average Bonchev–Trinajstić information content (AvgIpc) is 2.86. The van der Waals surface area contributed by atoms with Crippen molar-refractivity contribution >= 4 is 45.5 Å². The van der Waals surface area contributed by atoms with Crippen LogP contribution in [0, 0.1) is 5.41 Å². The Kier molecular flexibility index (Phi) is 8.73. The van der Waals surface area contributed by atoms with Gasteiger partial charge in [0.1, 0.15) is 5.84 Å². The molecule has 1 heterocycles. The highest BCUT2D eigenvalue weighted by atomic mass is 35.5. The maximum absolute atomic E-state index is 13.0. The molecular formula is C26H26ClF3N4O3S. The van der Waals surface area contributed by atoms with Crippen molar-refractivity contribution in [3.05, 3.63) is 89.0 Å². The summed E-state index contributed by atoms with van der Waals surface area (Å²) >= 11 is 0. The normalized spacial score (nSPS) is 13.3. The van der Waals surface area contributed by atoms with Gasteiger partial charge in [0.2, 0.25) is 5.91 Å². The second kappa shape index (κ2) is 11.4. The Bertz CT molecular complexity index is 1440. The molecule has 4 rings (SSSR count). The van der Waals surface area contributed by atoms with E-state index in [4.69, 9.17) is 11.1 Å². The van der Waals surface area contributed by atoms with Crippen LogP contribution in [0.1, 0.15) is 35.1 Å². The third kappa shape index (κ3) is 6.65. The largest absolute Gasteiger partial charge is 0.416 e. The summed E-state index contributed by atoms with van der Waals surface area (Å²) in [6.45, 7) is 0.532. The molecule has 0 spiro atoms. The summed E-state index contributed by atoms with van der Waals surface area (Å²) in [6, 6.07) is 15.4. The molecule has 0 aliphatic carbocycles. The molecule has 0 radical (unpaired) electrons. The molecule has 0 saturated heterocycles. The summed E-state index contributed by atoms with van der Waals surface area (Å²) < 4.78 is 66.8. The van der Waals surface area contributed by atoms with Crippen LogP contribution in [0.4, 0.5) is 24.5 Å². The number of anilines is 2. The summed E-state index contributed by atoms with van der Waals surface area (Å²) in [5, 5.41) is 7.45. The lowest BCUT2D eigenvalue weighted by molar-refractivity contribution is -0.137. The zero-order valence-electron chi connectivity index (χ0n) is 20.1. The number of nitrogens with zero attached hydrogens (tertiary/aromatic N) is 1. The zero-order valence-corrected chi connectivity index (χ0v) is 21.7. The minimum absolute atomic E-state index is 0. The van der Waals surface area contributed by atoms with Crippen molar-refractivity contribution in [2.75, 3.05) is 16.2 Å². The third-order valence-electron chi connectivity index (χ3n) is 6.12. The van der Waals surface area contributed by atoms with Crippen molar-refractivity contribution in [3.63, 3.8) is 0 Å². The van der Waals surface area contributed by atoms with E-state index in [2.05, 4.69) is 4.72 Å². The van der Waals surface area contributed by atoms with Crippen molar-refractivity contribution in [1.29, 1.82) is 5.41 Å². The van der Waals surface area contributed by atoms with Gasteiger partial charge in [-0.2, -0.15) is 13.2 Å². The lowest BCUT2D eigenvalue weighted by Gasteiger charge is -2.30. The van der Waals surface area contributed by atoms with Gasteiger partial charge in [-0.15, -0.1) is 12.4 Å². The number of nitrogens with two attached hydrogens (primary N) is 1. The van der Waals surface area contributed by atoms with Gasteiger partial charge in [-0.05, 0) is 66.8 Å². The van der Waals surface area contributed by atoms with E-state index in [0.717, 1.165) is 29.3 Å². The van der Waals surface area contributed by atoms with E-state index in [1.54, 1.807) is 29.2 Å². The molecule has 0 unspecified atom stereocenters. The highest BCUT2D eigenvalue weighted by Gasteiger charge is 2.32. The fourth-order valence-electron chi connectivity index (χ4n) is 4.21. The van der Waals surface area contributed by atoms with Gasteiger partial charge in [0, 0.05) is 29.9 Å². The fourth-order valence-corrected chi connectivity index (χ4v) is 5.31. The molecule has 1 amide bonds. The molecule has 3 aromatic carbocycles. The van der Waals surface area contributed by atoms with Crippen LogP contribution in [0.15, 0.2) is 71.6 Å². The second-order valence-electron chi connectivity index (χ2n) is 8.73. The van der Waals surface area contributed by atoms with E-state index in [-0.39, 0.29) is 36.3 Å². The number of sulfonamides is 1. The number of hydrogen-bond donors (Lipinski definition) is 3. The van der Waals surface area contributed by atoms with E-state index in [1.165, 1.54) is 6.07 Å². The number of rotatable bonds is 7. The standard InChI is InChI=1S/C26H25F3N4O3S.ClH/c27-26(28,29)20-4-1-5-22(16-20)37(35,36)32-21-11-12-23-19(15-21)3-2-14-33(23)24(34)13-8-17-6-9-18(10-7-17)25(30)31;/h1,4-7,9-12,15-16,32H,2-3,8,13-14H2,(H3,30,31);1H. The van der Waals surface area contributed by atoms with E-state index < -0.39 is 26.7 Å². The molecule has 4 N–H and O–H groups in total. The molecule has 0 atom stereocenters. The Morgan fingerprint density at radius 1 is 1.05 bits per heavy atom. The molecule has 0 fully saturated rings. The molecule has 1 aliphatic rings. The quantitative estimate of drug-likeness (QED) is 0.272. The van der Waals surface area contributed by atoms with Crippen molar-refractivity contribution < 1.29 is 26.4 Å². The molecular weight excluding hydrogens is 541 g/mol. The minimum Gasteiger partial charge on any atom is -0.384 e. The number of benzene rings is 3. The Hall–Kier alpha value is -3.57. The van der Waals surface area contributed by atoms with Gasteiger partial charge in [0.25, 0.3) is 10.0 Å². The first-order valence-corrected chi connectivity index (χ1v) is 13.0. The number of nitrogen functional groups attached to an aromatic ring is 1. The van der Waals surface area contributed by atoms with Crippen LogP contribution in [-0.2, 0) is 33.8 Å². The van der Waals surface area contributed by atoms with Crippen molar-refractivity contribution in [1.82, 2.24) is 0 Å². The highest BCUT2D eigenvalue weighted by molar-refractivity contribution is 7.92. The van der Waals surface area contributed by atoms with Gasteiger partial charge in [-0.1, -0.05) is 30.3 Å². The van der Waals surface area contributed by atoms with Gasteiger partial charge < -0.3 is 10.6 Å². The highest BCUT2D eigenvalue weighted by Crippen LogP contribution is 2.33. The van der Waals surface area contributed by atoms with E-state index in [9.17, 15) is 26.4 Å². The minimum atomic E-state index is -4.66.